The van der Waals surface area contributed by atoms with Crippen LogP contribution in [0.4, 0.5) is 11.4 Å². The van der Waals surface area contributed by atoms with Gasteiger partial charge in [-0.05, 0) is 26.8 Å². The Kier molecular flexibility index (Phi) is 3.81. The van der Waals surface area contributed by atoms with Crippen LogP contribution >= 0.6 is 11.6 Å². The molecule has 0 aliphatic rings. The minimum atomic E-state index is -0.784. The fourth-order valence-corrected chi connectivity index (χ4v) is 1.52. The molecule has 0 aliphatic heterocycles. The van der Waals surface area contributed by atoms with Crippen molar-refractivity contribution in [2.45, 2.75) is 26.4 Å². The van der Waals surface area contributed by atoms with E-state index in [4.69, 9.17) is 22.1 Å². The number of carbonyl (C=O) groups is 1. The van der Waals surface area contributed by atoms with Crippen LogP contribution in [-0.2, 0) is 4.74 Å². The fourth-order valence-electron chi connectivity index (χ4n) is 1.28. The van der Waals surface area contributed by atoms with Crippen LogP contribution < -0.4 is 5.73 Å². The molecule has 0 aliphatic carbocycles. The van der Waals surface area contributed by atoms with Crippen molar-refractivity contribution in [1.82, 2.24) is 0 Å². The van der Waals surface area contributed by atoms with Gasteiger partial charge in [0.05, 0.1) is 9.95 Å². The molecule has 0 saturated carbocycles. The summed E-state index contributed by atoms with van der Waals surface area (Å²) in [6.45, 7) is 5.02. The van der Waals surface area contributed by atoms with E-state index in [2.05, 4.69) is 0 Å². The number of halogens is 1. The molecule has 0 aromatic heterocycles. The van der Waals surface area contributed by atoms with Crippen LogP contribution in [0.1, 0.15) is 31.1 Å². The molecule has 6 nitrogen and oxygen atoms in total. The first-order valence-electron chi connectivity index (χ1n) is 5.09. The van der Waals surface area contributed by atoms with Crippen molar-refractivity contribution in [3.05, 3.63) is 32.8 Å². The summed E-state index contributed by atoms with van der Waals surface area (Å²) in [5, 5.41) is 10.7. The predicted octanol–water partition coefficient (Wildman–Crippen LogP) is 2.79. The molecule has 7 heteroatoms. The Bertz CT molecular complexity index is 509. The van der Waals surface area contributed by atoms with Crippen LogP contribution in [0.3, 0.4) is 0 Å². The van der Waals surface area contributed by atoms with Gasteiger partial charge in [-0.3, -0.25) is 10.1 Å². The summed E-state index contributed by atoms with van der Waals surface area (Å²) in [5.41, 5.74) is 3.99. The molecule has 1 aromatic carbocycles. The largest absolute Gasteiger partial charge is 0.456 e. The Balaban J connectivity index is 3.28. The predicted molar refractivity (Wildman–Crippen MR) is 67.7 cm³/mol. The topological polar surface area (TPSA) is 95.5 Å². The summed E-state index contributed by atoms with van der Waals surface area (Å²) in [7, 11) is 0. The molecule has 0 fully saturated rings. The highest BCUT2D eigenvalue weighted by molar-refractivity contribution is 6.34. The zero-order valence-corrected chi connectivity index (χ0v) is 10.9. The number of hydrogen-bond acceptors (Lipinski definition) is 5. The number of carbonyl (C=O) groups excluding carboxylic acids is 1. The molecule has 0 heterocycles. The first-order chi connectivity index (χ1) is 8.13. The van der Waals surface area contributed by atoms with Gasteiger partial charge in [0, 0.05) is 6.07 Å². The standard InChI is InChI=1S/C11H13ClN2O4/c1-11(2,3)18-10(15)8-6(12)4-5-7(9(8)13)14(16)17/h4-5H,13H2,1-3H3. The zero-order valence-electron chi connectivity index (χ0n) is 10.2. The number of nitrogens with zero attached hydrogens (tertiary/aromatic N) is 1. The number of ether oxygens (including phenoxy) is 1. The van der Waals surface area contributed by atoms with Gasteiger partial charge in [0.15, 0.2) is 0 Å². The Morgan fingerprint density at radius 3 is 2.44 bits per heavy atom. The van der Waals surface area contributed by atoms with Crippen molar-refractivity contribution >= 4 is 28.9 Å². The van der Waals surface area contributed by atoms with Crippen LogP contribution in [0, 0.1) is 10.1 Å². The normalized spacial score (nSPS) is 11.1. The van der Waals surface area contributed by atoms with E-state index in [0.717, 1.165) is 6.07 Å². The fraction of sp³-hybridized carbons (Fsp3) is 0.364. The van der Waals surface area contributed by atoms with Gasteiger partial charge in [-0.25, -0.2) is 4.79 Å². The summed E-state index contributed by atoms with van der Waals surface area (Å²) >= 11 is 5.83. The molecular weight excluding hydrogens is 260 g/mol. The highest BCUT2D eigenvalue weighted by Crippen LogP contribution is 2.32. The van der Waals surface area contributed by atoms with Gasteiger partial charge in [0.25, 0.3) is 5.69 Å². The maximum Gasteiger partial charge on any atom is 0.342 e. The SMILES string of the molecule is CC(C)(C)OC(=O)c1c(Cl)ccc([N+](=O)[O-])c1N. The van der Waals surface area contributed by atoms with Crippen LogP contribution in [0.15, 0.2) is 12.1 Å². The summed E-state index contributed by atoms with van der Waals surface area (Å²) in [4.78, 5) is 21.9. The molecule has 0 saturated heterocycles. The van der Waals surface area contributed by atoms with Crippen LogP contribution in [0.2, 0.25) is 5.02 Å². The number of nitrogen functional groups attached to an aromatic ring is 1. The smallest absolute Gasteiger partial charge is 0.342 e. The number of rotatable bonds is 2. The van der Waals surface area contributed by atoms with Crippen LogP contribution in [0.25, 0.3) is 0 Å². The Morgan fingerprint density at radius 1 is 1.44 bits per heavy atom. The van der Waals surface area contributed by atoms with Gasteiger partial charge in [0.2, 0.25) is 0 Å². The highest BCUT2D eigenvalue weighted by Gasteiger charge is 2.26. The molecule has 0 atom stereocenters. The van der Waals surface area contributed by atoms with E-state index in [1.54, 1.807) is 20.8 Å². The van der Waals surface area contributed by atoms with E-state index in [-0.39, 0.29) is 22.0 Å². The van der Waals surface area contributed by atoms with Gasteiger partial charge in [0.1, 0.15) is 16.9 Å². The number of esters is 1. The zero-order chi connectivity index (χ0) is 14.1. The van der Waals surface area contributed by atoms with E-state index in [1.165, 1.54) is 6.07 Å². The molecule has 2 N–H and O–H groups in total. The van der Waals surface area contributed by atoms with E-state index >= 15 is 0 Å². The highest BCUT2D eigenvalue weighted by atomic mass is 35.5. The Labute approximate surface area is 109 Å². The minimum absolute atomic E-state index is 0.0207. The molecular formula is C11H13ClN2O4. The third kappa shape index (κ3) is 3.10. The summed E-state index contributed by atoms with van der Waals surface area (Å²) < 4.78 is 5.09. The van der Waals surface area contributed by atoms with Gasteiger partial charge >= 0.3 is 5.97 Å². The Hall–Kier alpha value is -1.82. The number of nitro benzene ring substituents is 1. The molecule has 1 aromatic rings. The van der Waals surface area contributed by atoms with E-state index in [9.17, 15) is 14.9 Å². The Morgan fingerprint density at radius 2 is 2.00 bits per heavy atom. The lowest BCUT2D eigenvalue weighted by molar-refractivity contribution is -0.383. The number of anilines is 1. The number of nitro groups is 1. The van der Waals surface area contributed by atoms with E-state index in [1.807, 2.05) is 0 Å². The van der Waals surface area contributed by atoms with Crippen molar-refractivity contribution in [2.75, 3.05) is 5.73 Å². The van der Waals surface area contributed by atoms with Gasteiger partial charge < -0.3 is 10.5 Å². The van der Waals surface area contributed by atoms with Gasteiger partial charge in [-0.15, -0.1) is 0 Å². The number of benzene rings is 1. The second-order valence-corrected chi connectivity index (χ2v) is 5.02. The minimum Gasteiger partial charge on any atom is -0.456 e. The molecule has 98 valence electrons. The van der Waals surface area contributed by atoms with Crippen molar-refractivity contribution in [1.29, 1.82) is 0 Å². The molecule has 18 heavy (non-hydrogen) atoms. The average Bonchev–Trinajstić information content (AvgIpc) is 2.13. The maximum atomic E-state index is 11.9. The van der Waals surface area contributed by atoms with Gasteiger partial charge in [-0.1, -0.05) is 11.6 Å². The molecule has 0 amide bonds. The summed E-state index contributed by atoms with van der Waals surface area (Å²) in [5.74, 6) is -0.784. The maximum absolute atomic E-state index is 11.9. The molecule has 0 spiro atoms. The number of nitrogens with two attached hydrogens (primary N) is 1. The first-order valence-corrected chi connectivity index (χ1v) is 5.47. The second-order valence-electron chi connectivity index (χ2n) is 4.61. The number of hydrogen-bond donors (Lipinski definition) is 1. The van der Waals surface area contributed by atoms with E-state index < -0.39 is 16.5 Å². The average molecular weight is 273 g/mol. The third-order valence-electron chi connectivity index (χ3n) is 1.97. The van der Waals surface area contributed by atoms with Crippen LogP contribution in [-0.4, -0.2) is 16.5 Å². The summed E-state index contributed by atoms with van der Waals surface area (Å²) in [6.07, 6.45) is 0. The quantitative estimate of drug-likeness (QED) is 0.386. The van der Waals surface area contributed by atoms with Crippen molar-refractivity contribution < 1.29 is 14.5 Å². The van der Waals surface area contributed by atoms with Crippen molar-refractivity contribution in [3.63, 3.8) is 0 Å². The van der Waals surface area contributed by atoms with Crippen LogP contribution in [0.5, 0.6) is 0 Å². The molecule has 0 unspecified atom stereocenters. The third-order valence-corrected chi connectivity index (χ3v) is 2.29. The van der Waals surface area contributed by atoms with E-state index in [0.29, 0.717) is 0 Å². The molecule has 0 radical (unpaired) electrons. The first kappa shape index (κ1) is 14.2. The van der Waals surface area contributed by atoms with Gasteiger partial charge in [-0.2, -0.15) is 0 Å². The lowest BCUT2D eigenvalue weighted by Gasteiger charge is -2.20. The monoisotopic (exact) mass is 272 g/mol. The lowest BCUT2D eigenvalue weighted by atomic mass is 10.1. The van der Waals surface area contributed by atoms with Crippen molar-refractivity contribution in [2.24, 2.45) is 0 Å². The second kappa shape index (κ2) is 4.81. The summed E-state index contributed by atoms with van der Waals surface area (Å²) in [6, 6.07) is 2.39. The molecule has 0 bridgehead atoms. The molecule has 1 rings (SSSR count). The van der Waals surface area contributed by atoms with Crippen molar-refractivity contribution in [3.8, 4) is 0 Å². The lowest BCUT2D eigenvalue weighted by Crippen LogP contribution is -2.24.